The number of allylic oxidation sites excluding steroid dienone is 7. The van der Waals surface area contributed by atoms with E-state index in [2.05, 4.69) is 122 Å². The van der Waals surface area contributed by atoms with Gasteiger partial charge in [0.2, 0.25) is 5.69 Å². The van der Waals surface area contributed by atoms with E-state index >= 15 is 0 Å². The number of anilines is 1. The first-order chi connectivity index (χ1) is 24.3. The maximum atomic E-state index is 11.4. The number of nitrogens with one attached hydrogen (secondary N) is 1. The van der Waals surface area contributed by atoms with E-state index in [9.17, 15) is 21.7 Å². The number of hydrogen-bond donors (Lipinski definition) is 3. The molecule has 8 nitrogen and oxygen atoms in total. The zero-order valence-corrected chi connectivity index (χ0v) is 32.6. The molecule has 5 rings (SSSR count). The largest absolute Gasteiger partial charge is 0.385 e. The van der Waals surface area contributed by atoms with Crippen LogP contribution in [0, 0.1) is 0 Å². The van der Waals surface area contributed by atoms with Crippen molar-refractivity contribution in [2.24, 2.45) is 0 Å². The molecule has 0 amide bonds. The minimum absolute atomic E-state index is 0.182. The van der Waals surface area contributed by atoms with Gasteiger partial charge >= 0.3 is 0 Å². The molecule has 0 radical (unpaired) electrons. The quantitative estimate of drug-likeness (QED) is 0.0649. The molecule has 2 aromatic carbocycles. The predicted molar refractivity (Wildman–Crippen MR) is 211 cm³/mol. The van der Waals surface area contributed by atoms with Gasteiger partial charge in [0.25, 0.3) is 10.1 Å². The average molecular weight is 735 g/mol. The molecular weight excluding hydrogens is 679 g/mol. The summed E-state index contributed by atoms with van der Waals surface area (Å²) in [5, 5.41) is 3.80. The Kier molecular flexibility index (Phi) is 12.6. The summed E-state index contributed by atoms with van der Waals surface area (Å²) < 4.78 is 55.0. The zero-order chi connectivity index (χ0) is 36.8. The number of para-hydroxylation sites is 2. The first-order valence-electron chi connectivity index (χ1n) is 18.5. The second-order valence-electron chi connectivity index (χ2n) is 15.0. The zero-order valence-electron chi connectivity index (χ0n) is 31.0. The van der Waals surface area contributed by atoms with Gasteiger partial charge in [-0.3, -0.25) is 4.55 Å². The van der Waals surface area contributed by atoms with Gasteiger partial charge in [-0.1, -0.05) is 75.7 Å². The molecule has 3 N–H and O–H groups in total. The summed E-state index contributed by atoms with van der Waals surface area (Å²) >= 11 is -1.77. The fourth-order valence-electron chi connectivity index (χ4n) is 7.85. The summed E-state index contributed by atoms with van der Waals surface area (Å²) in [6, 6.07) is 17.0. The maximum absolute atomic E-state index is 11.4. The lowest BCUT2D eigenvalue weighted by atomic mass is 9.81. The highest BCUT2D eigenvalue weighted by Gasteiger charge is 2.44. The van der Waals surface area contributed by atoms with Gasteiger partial charge in [-0.05, 0) is 81.2 Å². The second-order valence-corrected chi connectivity index (χ2v) is 17.6. The van der Waals surface area contributed by atoms with E-state index in [-0.39, 0.29) is 16.6 Å². The van der Waals surface area contributed by atoms with Crippen molar-refractivity contribution >= 4 is 38.3 Å². The van der Waals surface area contributed by atoms with Crippen LogP contribution in [0.25, 0.3) is 0 Å². The molecule has 1 unspecified atom stereocenters. The lowest BCUT2D eigenvalue weighted by Gasteiger charge is -2.27. The van der Waals surface area contributed by atoms with E-state index in [1.807, 2.05) is 0 Å². The van der Waals surface area contributed by atoms with Crippen molar-refractivity contribution in [3.63, 3.8) is 0 Å². The number of benzene rings is 2. The van der Waals surface area contributed by atoms with Crippen LogP contribution in [0.1, 0.15) is 97.1 Å². The van der Waals surface area contributed by atoms with E-state index in [1.165, 1.54) is 45.1 Å². The molecule has 2 heterocycles. The topological polar surface area (TPSA) is 110 Å². The molecular formula is C41H56N3O5S2+. The first-order valence-corrected chi connectivity index (χ1v) is 21.3. The Morgan fingerprint density at radius 1 is 0.902 bits per heavy atom. The van der Waals surface area contributed by atoms with Gasteiger partial charge in [0, 0.05) is 65.5 Å². The first kappa shape index (κ1) is 38.9. The van der Waals surface area contributed by atoms with E-state index in [0.29, 0.717) is 31.6 Å². The van der Waals surface area contributed by atoms with Crippen molar-refractivity contribution in [1.29, 1.82) is 0 Å². The van der Waals surface area contributed by atoms with Gasteiger partial charge in [0.1, 0.15) is 6.54 Å². The molecule has 0 aromatic heterocycles. The van der Waals surface area contributed by atoms with Gasteiger partial charge in [-0.15, -0.1) is 0 Å². The highest BCUT2D eigenvalue weighted by Crippen LogP contribution is 2.48. The van der Waals surface area contributed by atoms with Crippen LogP contribution >= 0.6 is 0 Å². The van der Waals surface area contributed by atoms with Crippen LogP contribution in [0.3, 0.4) is 0 Å². The standard InChI is InChI=1S/C41H55N3O5S2/c1-6-7-26-42-39-31(22-24-37-40(2,3)33-16-8-10-18-35(33)43(37)27-12-14-29-50(45)46)20-21-32(39)23-25-38-41(4,5)34-17-9-11-19-36(34)44(38)28-13-15-30-51(47,48)49/h8-11,16-19,22-25H,6-7,12-15,20-21,26-30H2,1-5H3,(H2,45,46,47,48,49)/p+1/b32-23-,38-25-. The number of rotatable bonds is 17. The normalized spacial score (nSPS) is 20.3. The molecule has 0 spiro atoms. The molecule has 10 heteroatoms. The van der Waals surface area contributed by atoms with E-state index in [0.717, 1.165) is 50.9 Å². The highest BCUT2D eigenvalue weighted by molar-refractivity contribution is 7.85. The summed E-state index contributed by atoms with van der Waals surface area (Å²) in [7, 11) is -3.98. The summed E-state index contributed by atoms with van der Waals surface area (Å²) in [6.45, 7) is 13.6. The lowest BCUT2D eigenvalue weighted by Crippen LogP contribution is -2.28. The molecule has 1 aliphatic carbocycles. The smallest absolute Gasteiger partial charge is 0.264 e. The third kappa shape index (κ3) is 9.02. The van der Waals surface area contributed by atoms with Crippen LogP contribution < -0.4 is 10.2 Å². The summed E-state index contributed by atoms with van der Waals surface area (Å²) in [5.41, 5.74) is 10.7. The Labute approximate surface area is 308 Å². The summed E-state index contributed by atoms with van der Waals surface area (Å²) in [6.07, 6.45) is 15.8. The predicted octanol–water partition coefficient (Wildman–Crippen LogP) is 8.33. The Balaban J connectivity index is 1.48. The van der Waals surface area contributed by atoms with Crippen LogP contribution in [-0.2, 0) is 32.0 Å². The Bertz CT molecular complexity index is 1890. The molecule has 0 saturated carbocycles. The molecule has 0 bridgehead atoms. The average Bonchev–Trinajstić information content (AvgIpc) is 3.64. The number of unbranched alkanes of at least 4 members (excludes halogenated alkanes) is 3. The van der Waals surface area contributed by atoms with Crippen molar-refractivity contribution in [1.82, 2.24) is 5.32 Å². The molecule has 2 aromatic rings. The van der Waals surface area contributed by atoms with Gasteiger partial charge in [-0.25, -0.2) is 4.21 Å². The van der Waals surface area contributed by atoms with Crippen LogP contribution in [0.4, 0.5) is 11.4 Å². The van der Waals surface area contributed by atoms with E-state index in [4.69, 9.17) is 0 Å². The third-order valence-electron chi connectivity index (χ3n) is 10.6. The highest BCUT2D eigenvalue weighted by atomic mass is 32.2. The van der Waals surface area contributed by atoms with Crippen molar-refractivity contribution < 1.29 is 26.3 Å². The molecule has 0 saturated heterocycles. The minimum atomic E-state index is -3.98. The molecule has 3 aliphatic rings. The SMILES string of the molecule is CCCCNC1=C(/C=C/C2=[N+](CCCCS(=O)O)c3ccccc3C2(C)C)CC/C1=C/C=C1\N(CCCCS(=O)(=O)O)c2ccccc2C1(C)C. The van der Waals surface area contributed by atoms with Crippen LogP contribution in [0.5, 0.6) is 0 Å². The maximum Gasteiger partial charge on any atom is 0.264 e. The molecule has 276 valence electrons. The molecule has 1 atom stereocenters. The Morgan fingerprint density at radius 2 is 1.63 bits per heavy atom. The number of fused-ring (bicyclic) bond motifs is 2. The summed E-state index contributed by atoms with van der Waals surface area (Å²) in [4.78, 5) is 2.32. The fourth-order valence-corrected chi connectivity index (χ4v) is 8.87. The third-order valence-corrected chi connectivity index (χ3v) is 12.0. The number of nitrogens with zero attached hydrogens (tertiary/aromatic N) is 2. The minimum Gasteiger partial charge on any atom is -0.385 e. The number of hydrogen-bond acceptors (Lipinski definition) is 5. The lowest BCUT2D eigenvalue weighted by molar-refractivity contribution is -0.438. The van der Waals surface area contributed by atoms with E-state index in [1.54, 1.807) is 0 Å². The van der Waals surface area contributed by atoms with Crippen LogP contribution in [0.2, 0.25) is 0 Å². The van der Waals surface area contributed by atoms with Gasteiger partial charge in [-0.2, -0.15) is 13.0 Å². The molecule has 51 heavy (non-hydrogen) atoms. The van der Waals surface area contributed by atoms with Gasteiger partial charge in [0.15, 0.2) is 16.8 Å². The van der Waals surface area contributed by atoms with Gasteiger partial charge in [0.05, 0.1) is 11.2 Å². The van der Waals surface area contributed by atoms with Crippen molar-refractivity contribution in [3.8, 4) is 0 Å². The fraction of sp³-hybridized carbons (Fsp3) is 0.488. The second kappa shape index (κ2) is 16.6. The summed E-state index contributed by atoms with van der Waals surface area (Å²) in [5.74, 6) is 0.0684. The van der Waals surface area contributed by atoms with Crippen LogP contribution in [0.15, 0.2) is 95.4 Å². The van der Waals surface area contributed by atoms with E-state index < -0.39 is 21.2 Å². The monoisotopic (exact) mass is 734 g/mol. The Hall–Kier alpha value is -3.31. The molecule has 2 aliphatic heterocycles. The Morgan fingerprint density at radius 3 is 2.35 bits per heavy atom. The van der Waals surface area contributed by atoms with Crippen molar-refractivity contribution in [2.75, 3.05) is 36.0 Å². The van der Waals surface area contributed by atoms with Crippen LogP contribution in [-0.4, -0.2) is 63.2 Å². The van der Waals surface area contributed by atoms with Crippen molar-refractivity contribution in [2.45, 2.75) is 96.8 Å². The van der Waals surface area contributed by atoms with Crippen molar-refractivity contribution in [3.05, 3.63) is 107 Å². The molecule has 0 fully saturated rings. The van der Waals surface area contributed by atoms with Gasteiger partial charge < -0.3 is 14.8 Å².